The first-order valence-corrected chi connectivity index (χ1v) is 5.82. The summed E-state index contributed by atoms with van der Waals surface area (Å²) in [6, 6.07) is 12.7. The first-order chi connectivity index (χ1) is 8.25. The third kappa shape index (κ3) is 3.36. The molecular formula is C14H17N3. The molecule has 0 unspecified atom stereocenters. The minimum Gasteiger partial charge on any atom is -0.305 e. The van der Waals surface area contributed by atoms with Gasteiger partial charge in [-0.1, -0.05) is 30.3 Å². The highest BCUT2D eigenvalue weighted by atomic mass is 14.9. The van der Waals surface area contributed by atoms with E-state index in [9.17, 15) is 0 Å². The summed E-state index contributed by atoms with van der Waals surface area (Å²) in [5.41, 5.74) is 2.32. The maximum atomic E-state index is 4.37. The van der Waals surface area contributed by atoms with Gasteiger partial charge in [0, 0.05) is 18.8 Å². The van der Waals surface area contributed by atoms with Gasteiger partial charge in [0.1, 0.15) is 5.82 Å². The first-order valence-electron chi connectivity index (χ1n) is 5.82. The molecule has 3 nitrogen and oxygen atoms in total. The van der Waals surface area contributed by atoms with Crippen molar-refractivity contribution >= 4 is 0 Å². The van der Waals surface area contributed by atoms with E-state index in [2.05, 4.69) is 46.5 Å². The van der Waals surface area contributed by atoms with Gasteiger partial charge in [0.05, 0.1) is 5.69 Å². The average Bonchev–Trinajstić information content (AvgIpc) is 2.37. The molecule has 17 heavy (non-hydrogen) atoms. The first kappa shape index (κ1) is 11.7. The van der Waals surface area contributed by atoms with Gasteiger partial charge < -0.3 is 5.32 Å². The second kappa shape index (κ2) is 5.55. The second-order valence-electron chi connectivity index (χ2n) is 4.11. The largest absolute Gasteiger partial charge is 0.305 e. The van der Waals surface area contributed by atoms with E-state index in [-0.39, 0.29) is 0 Å². The molecule has 0 amide bonds. The number of hydrogen-bond acceptors (Lipinski definition) is 3. The number of rotatable bonds is 4. The maximum Gasteiger partial charge on any atom is 0.125 e. The average molecular weight is 227 g/mol. The molecular weight excluding hydrogens is 210 g/mol. The van der Waals surface area contributed by atoms with Gasteiger partial charge in [0.25, 0.3) is 0 Å². The molecule has 88 valence electrons. The number of benzene rings is 1. The van der Waals surface area contributed by atoms with Gasteiger partial charge in [-0.25, -0.2) is 9.97 Å². The van der Waals surface area contributed by atoms with Crippen LogP contribution in [0.4, 0.5) is 0 Å². The van der Waals surface area contributed by atoms with Crippen molar-refractivity contribution in [3.63, 3.8) is 0 Å². The van der Waals surface area contributed by atoms with Gasteiger partial charge in [-0.2, -0.15) is 0 Å². The Labute approximate surface area is 102 Å². The zero-order chi connectivity index (χ0) is 12.1. The fraction of sp³-hybridized carbons (Fsp3) is 0.286. The fourth-order valence-electron chi connectivity index (χ4n) is 1.72. The highest BCUT2D eigenvalue weighted by Crippen LogP contribution is 2.11. The molecule has 1 aromatic heterocycles. The van der Waals surface area contributed by atoms with E-state index in [4.69, 9.17) is 0 Å². The van der Waals surface area contributed by atoms with Crippen molar-refractivity contribution in [2.75, 3.05) is 0 Å². The number of nitrogens with zero attached hydrogens (tertiary/aromatic N) is 2. The van der Waals surface area contributed by atoms with Crippen LogP contribution in [0.2, 0.25) is 0 Å². The van der Waals surface area contributed by atoms with Crippen LogP contribution in [0.5, 0.6) is 0 Å². The van der Waals surface area contributed by atoms with Gasteiger partial charge in [-0.3, -0.25) is 0 Å². The molecule has 2 aromatic rings. The standard InChI is InChI=1S/C14H17N3/c1-11(13-6-4-3-5-7-13)16-10-14-8-9-15-12(2)17-14/h3-9,11,16H,10H2,1-2H3/t11-/m1/s1. The van der Waals surface area contributed by atoms with Gasteiger partial charge in [0.15, 0.2) is 0 Å². The SMILES string of the molecule is Cc1nccc(CN[C@H](C)c2ccccc2)n1. The van der Waals surface area contributed by atoms with Crippen LogP contribution in [-0.2, 0) is 6.54 Å². The fourth-order valence-corrected chi connectivity index (χ4v) is 1.72. The third-order valence-electron chi connectivity index (χ3n) is 2.72. The molecule has 1 atom stereocenters. The van der Waals surface area contributed by atoms with Crippen molar-refractivity contribution in [1.82, 2.24) is 15.3 Å². The minimum absolute atomic E-state index is 0.325. The lowest BCUT2D eigenvalue weighted by Gasteiger charge is -2.13. The van der Waals surface area contributed by atoms with Crippen molar-refractivity contribution in [2.24, 2.45) is 0 Å². The quantitative estimate of drug-likeness (QED) is 0.872. The summed E-state index contributed by atoms with van der Waals surface area (Å²) in [4.78, 5) is 8.45. The van der Waals surface area contributed by atoms with Crippen molar-refractivity contribution in [2.45, 2.75) is 26.4 Å². The maximum absolute atomic E-state index is 4.37. The van der Waals surface area contributed by atoms with Crippen molar-refractivity contribution in [1.29, 1.82) is 0 Å². The monoisotopic (exact) mass is 227 g/mol. The van der Waals surface area contributed by atoms with Crippen LogP contribution in [0, 0.1) is 6.92 Å². The van der Waals surface area contributed by atoms with Crippen molar-refractivity contribution in [3.8, 4) is 0 Å². The number of aromatic nitrogens is 2. The lowest BCUT2D eigenvalue weighted by molar-refractivity contribution is 0.566. The third-order valence-corrected chi connectivity index (χ3v) is 2.72. The van der Waals surface area contributed by atoms with Gasteiger partial charge >= 0.3 is 0 Å². The Morgan fingerprint density at radius 2 is 1.94 bits per heavy atom. The summed E-state index contributed by atoms with van der Waals surface area (Å²) in [6.45, 7) is 4.83. The number of aryl methyl sites for hydroxylation is 1. The number of nitrogens with one attached hydrogen (secondary N) is 1. The van der Waals surface area contributed by atoms with Gasteiger partial charge in [0.2, 0.25) is 0 Å². The van der Waals surface area contributed by atoms with Gasteiger partial charge in [-0.05, 0) is 25.5 Å². The lowest BCUT2D eigenvalue weighted by Crippen LogP contribution is -2.18. The Morgan fingerprint density at radius 3 is 2.65 bits per heavy atom. The summed E-state index contributed by atoms with van der Waals surface area (Å²) in [5, 5.41) is 3.45. The smallest absolute Gasteiger partial charge is 0.125 e. The van der Waals surface area contributed by atoms with E-state index in [0.29, 0.717) is 6.04 Å². The summed E-state index contributed by atoms with van der Waals surface area (Å²) in [6.07, 6.45) is 1.80. The molecule has 3 heteroatoms. The normalized spacial score (nSPS) is 12.4. The molecule has 0 fully saturated rings. The topological polar surface area (TPSA) is 37.8 Å². The van der Waals surface area contributed by atoms with Crippen LogP contribution in [0.3, 0.4) is 0 Å². The van der Waals surface area contributed by atoms with E-state index in [0.717, 1.165) is 18.1 Å². The molecule has 1 N–H and O–H groups in total. The summed E-state index contributed by atoms with van der Waals surface area (Å²) in [7, 11) is 0. The summed E-state index contributed by atoms with van der Waals surface area (Å²) >= 11 is 0. The molecule has 0 aliphatic carbocycles. The Morgan fingerprint density at radius 1 is 1.18 bits per heavy atom. The highest BCUT2D eigenvalue weighted by molar-refractivity contribution is 5.18. The lowest BCUT2D eigenvalue weighted by atomic mass is 10.1. The zero-order valence-corrected chi connectivity index (χ0v) is 10.2. The minimum atomic E-state index is 0.325. The number of hydrogen-bond donors (Lipinski definition) is 1. The Bertz CT molecular complexity index is 468. The molecule has 0 radical (unpaired) electrons. The van der Waals surface area contributed by atoms with Gasteiger partial charge in [-0.15, -0.1) is 0 Å². The molecule has 0 saturated carbocycles. The predicted octanol–water partition coefficient (Wildman–Crippen LogP) is 2.64. The Balaban J connectivity index is 1.95. The van der Waals surface area contributed by atoms with Crippen LogP contribution in [0.1, 0.15) is 30.0 Å². The van der Waals surface area contributed by atoms with E-state index in [1.165, 1.54) is 5.56 Å². The summed E-state index contributed by atoms with van der Waals surface area (Å²) < 4.78 is 0. The molecule has 2 rings (SSSR count). The highest BCUT2D eigenvalue weighted by Gasteiger charge is 2.04. The molecule has 1 heterocycles. The predicted molar refractivity (Wildman–Crippen MR) is 68.5 cm³/mol. The molecule has 0 aliphatic rings. The van der Waals surface area contributed by atoms with Crippen molar-refractivity contribution < 1.29 is 0 Å². The van der Waals surface area contributed by atoms with Crippen LogP contribution in [0.25, 0.3) is 0 Å². The summed E-state index contributed by atoms with van der Waals surface area (Å²) in [5.74, 6) is 0.816. The van der Waals surface area contributed by atoms with Crippen molar-refractivity contribution in [3.05, 3.63) is 59.7 Å². The Kier molecular flexibility index (Phi) is 3.83. The zero-order valence-electron chi connectivity index (χ0n) is 10.2. The molecule has 0 spiro atoms. The van der Waals surface area contributed by atoms with Crippen LogP contribution < -0.4 is 5.32 Å². The second-order valence-corrected chi connectivity index (χ2v) is 4.11. The van der Waals surface area contributed by atoms with E-state index < -0.39 is 0 Å². The Hall–Kier alpha value is -1.74. The van der Waals surface area contributed by atoms with E-state index >= 15 is 0 Å². The molecule has 0 saturated heterocycles. The van der Waals surface area contributed by atoms with Crippen LogP contribution in [0.15, 0.2) is 42.6 Å². The molecule has 1 aromatic carbocycles. The van der Waals surface area contributed by atoms with Crippen LogP contribution in [-0.4, -0.2) is 9.97 Å². The van der Waals surface area contributed by atoms with E-state index in [1.807, 2.05) is 19.1 Å². The molecule has 0 bridgehead atoms. The van der Waals surface area contributed by atoms with Crippen LogP contribution >= 0.6 is 0 Å². The molecule has 0 aliphatic heterocycles. The van der Waals surface area contributed by atoms with E-state index in [1.54, 1.807) is 6.20 Å².